The van der Waals surface area contributed by atoms with Crippen LogP contribution < -0.4 is 5.43 Å². The zero-order chi connectivity index (χ0) is 15.4. The number of nitrogens with zero attached hydrogens (tertiary/aromatic N) is 3. The maximum atomic E-state index is 11.7. The van der Waals surface area contributed by atoms with Gasteiger partial charge in [0.15, 0.2) is 0 Å². The van der Waals surface area contributed by atoms with Crippen molar-refractivity contribution in [1.82, 2.24) is 15.4 Å². The molecule has 0 saturated heterocycles. The van der Waals surface area contributed by atoms with Gasteiger partial charge in [0, 0.05) is 18.0 Å². The van der Waals surface area contributed by atoms with Crippen LogP contribution >= 0.6 is 31.9 Å². The highest BCUT2D eigenvalue weighted by molar-refractivity contribution is 9.11. The highest BCUT2D eigenvalue weighted by atomic mass is 79.9. The number of hydrogen-bond donors (Lipinski definition) is 3. The molecule has 0 aliphatic heterocycles. The quantitative estimate of drug-likeness (QED) is 0.526. The van der Waals surface area contributed by atoms with E-state index >= 15 is 0 Å². The molecule has 2 rings (SSSR count). The average Bonchev–Trinajstić information content (AvgIpc) is 2.51. The van der Waals surface area contributed by atoms with Crippen LogP contribution in [0.4, 0.5) is 0 Å². The summed E-state index contributed by atoms with van der Waals surface area (Å²) < 4.78 is 0.493. The molecular weight excluding hydrogens is 408 g/mol. The standard InChI is InChI=1S/C12H8Br2N4O3/c13-7-3-6(10(19)9(14)11(7)20)4-17-18-12(21)8-5-15-1-2-16-8/h1-5,19-20H,(H,18,21). The molecule has 0 spiro atoms. The Kier molecular flexibility index (Phi) is 4.86. The lowest BCUT2D eigenvalue weighted by atomic mass is 10.2. The number of hydrogen-bond acceptors (Lipinski definition) is 6. The van der Waals surface area contributed by atoms with Crippen molar-refractivity contribution in [3.05, 3.63) is 44.9 Å². The van der Waals surface area contributed by atoms with E-state index in [9.17, 15) is 15.0 Å². The van der Waals surface area contributed by atoms with Crippen LogP contribution in [-0.2, 0) is 0 Å². The van der Waals surface area contributed by atoms with Crippen molar-refractivity contribution in [2.24, 2.45) is 5.10 Å². The van der Waals surface area contributed by atoms with Gasteiger partial charge in [0.25, 0.3) is 5.91 Å². The Morgan fingerprint density at radius 1 is 1.29 bits per heavy atom. The monoisotopic (exact) mass is 414 g/mol. The number of aromatic nitrogens is 2. The molecule has 1 heterocycles. The zero-order valence-corrected chi connectivity index (χ0v) is 13.5. The van der Waals surface area contributed by atoms with Crippen molar-refractivity contribution in [2.45, 2.75) is 0 Å². The number of phenols is 2. The summed E-state index contributed by atoms with van der Waals surface area (Å²) in [5.41, 5.74) is 2.67. The summed E-state index contributed by atoms with van der Waals surface area (Å²) in [6, 6.07) is 1.45. The second kappa shape index (κ2) is 6.64. The maximum Gasteiger partial charge on any atom is 0.291 e. The zero-order valence-electron chi connectivity index (χ0n) is 10.3. The second-order valence-electron chi connectivity index (χ2n) is 3.75. The van der Waals surface area contributed by atoms with Crippen LogP contribution in [0.1, 0.15) is 16.1 Å². The summed E-state index contributed by atoms with van der Waals surface area (Å²) in [5.74, 6) is -0.864. The van der Waals surface area contributed by atoms with Crippen molar-refractivity contribution in [3.8, 4) is 11.5 Å². The maximum absolute atomic E-state index is 11.7. The minimum Gasteiger partial charge on any atom is -0.506 e. The van der Waals surface area contributed by atoms with Gasteiger partial charge in [0.2, 0.25) is 0 Å². The van der Waals surface area contributed by atoms with Crippen LogP contribution in [0, 0.1) is 0 Å². The first-order valence-corrected chi connectivity index (χ1v) is 7.08. The molecule has 1 amide bonds. The van der Waals surface area contributed by atoms with Gasteiger partial charge in [-0.3, -0.25) is 9.78 Å². The fraction of sp³-hybridized carbons (Fsp3) is 0. The van der Waals surface area contributed by atoms with Crippen LogP contribution in [0.3, 0.4) is 0 Å². The fourth-order valence-electron chi connectivity index (χ4n) is 1.35. The van der Waals surface area contributed by atoms with Crippen molar-refractivity contribution in [3.63, 3.8) is 0 Å². The van der Waals surface area contributed by atoms with Crippen LogP contribution in [0.5, 0.6) is 11.5 Å². The topological polar surface area (TPSA) is 108 Å². The van der Waals surface area contributed by atoms with Crippen LogP contribution in [0.25, 0.3) is 0 Å². The largest absolute Gasteiger partial charge is 0.506 e. The molecule has 0 fully saturated rings. The first kappa shape index (κ1) is 15.4. The van der Waals surface area contributed by atoms with E-state index in [-0.39, 0.29) is 21.7 Å². The Balaban J connectivity index is 2.14. The number of phenolic OH excluding ortho intramolecular Hbond substituents is 2. The molecule has 21 heavy (non-hydrogen) atoms. The van der Waals surface area contributed by atoms with Crippen molar-refractivity contribution >= 4 is 44.0 Å². The van der Waals surface area contributed by atoms with Crippen LogP contribution in [0.15, 0.2) is 38.7 Å². The van der Waals surface area contributed by atoms with Crippen molar-refractivity contribution < 1.29 is 15.0 Å². The lowest BCUT2D eigenvalue weighted by Crippen LogP contribution is -2.19. The number of nitrogens with one attached hydrogen (secondary N) is 1. The highest BCUT2D eigenvalue weighted by Gasteiger charge is 2.13. The van der Waals surface area contributed by atoms with Crippen molar-refractivity contribution in [2.75, 3.05) is 0 Å². The number of carbonyl (C=O) groups is 1. The number of rotatable bonds is 3. The molecule has 0 bridgehead atoms. The van der Waals surface area contributed by atoms with Gasteiger partial charge in [-0.2, -0.15) is 5.10 Å². The van der Waals surface area contributed by atoms with Gasteiger partial charge in [0.1, 0.15) is 21.7 Å². The smallest absolute Gasteiger partial charge is 0.291 e. The number of carbonyl (C=O) groups excluding carboxylic acids is 1. The van der Waals surface area contributed by atoms with E-state index in [0.717, 1.165) is 0 Å². The van der Waals surface area contributed by atoms with E-state index in [4.69, 9.17) is 0 Å². The van der Waals surface area contributed by atoms with Gasteiger partial charge in [-0.1, -0.05) is 0 Å². The Morgan fingerprint density at radius 3 is 2.71 bits per heavy atom. The van der Waals surface area contributed by atoms with E-state index in [2.05, 4.69) is 52.4 Å². The first-order chi connectivity index (χ1) is 10.0. The van der Waals surface area contributed by atoms with Crippen molar-refractivity contribution in [1.29, 1.82) is 0 Å². The third-order valence-electron chi connectivity index (χ3n) is 2.36. The molecule has 2 aromatic rings. The molecule has 0 radical (unpaired) electrons. The van der Waals surface area contributed by atoms with Gasteiger partial charge < -0.3 is 10.2 Å². The Morgan fingerprint density at radius 2 is 2.05 bits per heavy atom. The van der Waals surface area contributed by atoms with Crippen LogP contribution in [0.2, 0.25) is 0 Å². The van der Waals surface area contributed by atoms with Gasteiger partial charge >= 0.3 is 0 Å². The molecular formula is C12H8Br2N4O3. The second-order valence-corrected chi connectivity index (χ2v) is 5.40. The van der Waals surface area contributed by atoms with Gasteiger partial charge in [0.05, 0.1) is 16.9 Å². The number of hydrazone groups is 1. The summed E-state index contributed by atoms with van der Waals surface area (Å²) in [6.07, 6.45) is 5.37. The number of halogens is 2. The van der Waals surface area contributed by atoms with E-state index < -0.39 is 5.91 Å². The molecule has 0 atom stereocenters. The molecule has 7 nitrogen and oxygen atoms in total. The SMILES string of the molecule is O=C(NN=Cc1cc(Br)c(O)c(Br)c1O)c1cnccn1. The number of amides is 1. The number of aromatic hydroxyl groups is 2. The summed E-state index contributed by atoms with van der Waals surface area (Å²) in [7, 11) is 0. The molecule has 0 unspecified atom stereocenters. The molecule has 0 aliphatic carbocycles. The summed E-state index contributed by atoms with van der Waals surface area (Å²) in [5, 5.41) is 23.1. The third kappa shape index (κ3) is 3.56. The predicted octanol–water partition coefficient (Wildman–Crippen LogP) is 2.18. The predicted molar refractivity (Wildman–Crippen MR) is 82.3 cm³/mol. The summed E-state index contributed by atoms with van der Waals surface area (Å²) >= 11 is 6.17. The van der Waals surface area contributed by atoms with Gasteiger partial charge in [-0.05, 0) is 37.9 Å². The molecule has 108 valence electrons. The third-order valence-corrected chi connectivity index (χ3v) is 3.72. The molecule has 1 aromatic heterocycles. The lowest BCUT2D eigenvalue weighted by Gasteiger charge is -2.06. The molecule has 1 aromatic carbocycles. The molecule has 3 N–H and O–H groups in total. The molecule has 0 aliphatic rings. The van der Waals surface area contributed by atoms with E-state index in [1.165, 1.54) is 30.9 Å². The molecule has 0 saturated carbocycles. The van der Waals surface area contributed by atoms with E-state index in [1.807, 2.05) is 0 Å². The van der Waals surface area contributed by atoms with E-state index in [1.54, 1.807) is 0 Å². The van der Waals surface area contributed by atoms with Gasteiger partial charge in [-0.25, -0.2) is 10.4 Å². The lowest BCUT2D eigenvalue weighted by molar-refractivity contribution is 0.0949. The van der Waals surface area contributed by atoms with E-state index in [0.29, 0.717) is 10.0 Å². The Hall–Kier alpha value is -2.00. The summed E-state index contributed by atoms with van der Waals surface area (Å²) in [4.78, 5) is 19.2. The van der Waals surface area contributed by atoms with Gasteiger partial charge in [-0.15, -0.1) is 0 Å². The normalized spacial score (nSPS) is 10.8. The fourth-order valence-corrected chi connectivity index (χ4v) is 2.50. The minimum atomic E-state index is -0.532. The Labute approximate surface area is 136 Å². The first-order valence-electron chi connectivity index (χ1n) is 5.50. The average molecular weight is 416 g/mol. The Bertz CT molecular complexity index is 707. The molecule has 9 heteroatoms. The number of benzene rings is 1. The minimum absolute atomic E-state index is 0.118. The summed E-state index contributed by atoms with van der Waals surface area (Å²) in [6.45, 7) is 0. The van der Waals surface area contributed by atoms with Crippen LogP contribution in [-0.4, -0.2) is 32.3 Å². The highest BCUT2D eigenvalue weighted by Crippen LogP contribution is 2.40.